The number of fused-ring (bicyclic) bond motifs is 2. The molecule has 5 heteroatoms. The smallest absolute Gasteiger partial charge is 0.201 e. The maximum Gasteiger partial charge on any atom is 0.201 e. The molecule has 0 amide bonds. The molecule has 1 saturated carbocycles. The summed E-state index contributed by atoms with van der Waals surface area (Å²) in [6.45, 7) is 6.47. The molecule has 1 aromatic carbocycles. The van der Waals surface area contributed by atoms with Gasteiger partial charge in [-0.1, -0.05) is 26.0 Å². The fourth-order valence-corrected chi connectivity index (χ4v) is 5.94. The van der Waals surface area contributed by atoms with Crippen LogP contribution in [0.2, 0.25) is 0 Å². The molecule has 0 unspecified atom stereocenters. The predicted molar refractivity (Wildman–Crippen MR) is 92.2 cm³/mol. The maximum atomic E-state index is 13.4. The van der Waals surface area contributed by atoms with Crippen LogP contribution in [0.25, 0.3) is 0 Å². The van der Waals surface area contributed by atoms with Crippen LogP contribution in [-0.2, 0) is 19.2 Å². The second-order valence-electron chi connectivity index (χ2n) is 8.88. The first-order chi connectivity index (χ1) is 12.4. The minimum atomic E-state index is -0.758. The summed E-state index contributed by atoms with van der Waals surface area (Å²) in [5.74, 6) is 0.466. The molecule has 4 nitrogen and oxygen atoms in total. The molecule has 142 valence electrons. The van der Waals surface area contributed by atoms with Gasteiger partial charge in [0.15, 0.2) is 11.9 Å². The van der Waals surface area contributed by atoms with Crippen molar-refractivity contribution < 1.29 is 23.6 Å². The Kier molecular flexibility index (Phi) is 3.78. The van der Waals surface area contributed by atoms with Crippen LogP contribution in [0.5, 0.6) is 0 Å². The summed E-state index contributed by atoms with van der Waals surface area (Å²) in [7, 11) is 0. The lowest BCUT2D eigenvalue weighted by Crippen LogP contribution is -2.69. The van der Waals surface area contributed by atoms with E-state index in [1.54, 1.807) is 0 Å². The van der Waals surface area contributed by atoms with Crippen LogP contribution < -0.4 is 0 Å². The molecule has 8 atom stereocenters. The van der Waals surface area contributed by atoms with Gasteiger partial charge in [-0.15, -0.1) is 0 Å². The Morgan fingerprint density at radius 3 is 2.54 bits per heavy atom. The quantitative estimate of drug-likeness (QED) is 0.676. The van der Waals surface area contributed by atoms with Crippen molar-refractivity contribution in [3.63, 3.8) is 0 Å². The van der Waals surface area contributed by atoms with Gasteiger partial charge in [0.1, 0.15) is 5.82 Å². The zero-order valence-electron chi connectivity index (χ0n) is 15.6. The standard InChI is InChI=1S/C21H27FO4/c1-12-4-9-17-13(2)18(14-5-7-15(22)8-6-14)23-19-21(17)16(12)10-11-20(3,24-19)25-26-21/h5-8,12-13,16-19H,4,9-11H2,1-3H3/t12-,13-,16+,17+,18+,19-,20-,21-/m1/s1. The van der Waals surface area contributed by atoms with Crippen LogP contribution in [0, 0.1) is 29.5 Å². The van der Waals surface area contributed by atoms with Crippen LogP contribution in [0.3, 0.4) is 0 Å². The molecule has 0 N–H and O–H groups in total. The van der Waals surface area contributed by atoms with Gasteiger partial charge in [-0.05, 0) is 61.6 Å². The van der Waals surface area contributed by atoms with Gasteiger partial charge in [0.05, 0.1) is 6.10 Å². The third kappa shape index (κ3) is 2.27. The fraction of sp³-hybridized carbons (Fsp3) is 0.714. The van der Waals surface area contributed by atoms with E-state index < -0.39 is 17.7 Å². The Morgan fingerprint density at radius 1 is 1.00 bits per heavy atom. The highest BCUT2D eigenvalue weighted by molar-refractivity contribution is 5.22. The van der Waals surface area contributed by atoms with Crippen molar-refractivity contribution in [3.05, 3.63) is 35.6 Å². The number of halogens is 1. The Balaban J connectivity index is 1.57. The first-order valence-electron chi connectivity index (χ1n) is 9.88. The molecule has 4 aliphatic heterocycles. The van der Waals surface area contributed by atoms with Crippen LogP contribution >= 0.6 is 0 Å². The van der Waals surface area contributed by atoms with Crippen molar-refractivity contribution in [2.75, 3.05) is 0 Å². The summed E-state index contributed by atoms with van der Waals surface area (Å²) in [5, 5.41) is 0. The largest absolute Gasteiger partial charge is 0.341 e. The summed E-state index contributed by atoms with van der Waals surface area (Å²) >= 11 is 0. The Hall–Kier alpha value is -1.01. The van der Waals surface area contributed by atoms with Crippen LogP contribution in [0.1, 0.15) is 58.1 Å². The lowest BCUT2D eigenvalue weighted by Gasteiger charge is -2.60. The van der Waals surface area contributed by atoms with Crippen molar-refractivity contribution in [3.8, 4) is 0 Å². The fourth-order valence-electron chi connectivity index (χ4n) is 5.94. The Morgan fingerprint density at radius 2 is 1.77 bits per heavy atom. The minimum Gasteiger partial charge on any atom is -0.341 e. The maximum absolute atomic E-state index is 13.4. The minimum absolute atomic E-state index is 0.128. The van der Waals surface area contributed by atoms with Crippen molar-refractivity contribution >= 4 is 0 Å². The topological polar surface area (TPSA) is 36.9 Å². The van der Waals surface area contributed by atoms with Crippen LogP contribution in [0.15, 0.2) is 24.3 Å². The van der Waals surface area contributed by atoms with E-state index in [1.807, 2.05) is 19.1 Å². The Labute approximate surface area is 153 Å². The molecule has 4 heterocycles. The van der Waals surface area contributed by atoms with Gasteiger partial charge in [-0.25, -0.2) is 14.2 Å². The molecule has 1 aliphatic carbocycles. The van der Waals surface area contributed by atoms with E-state index in [4.69, 9.17) is 19.2 Å². The zero-order valence-corrected chi connectivity index (χ0v) is 15.6. The number of ether oxygens (including phenoxy) is 2. The Bertz CT molecular complexity index is 694. The van der Waals surface area contributed by atoms with E-state index in [0.29, 0.717) is 17.8 Å². The first kappa shape index (κ1) is 17.1. The highest BCUT2D eigenvalue weighted by atomic mass is 19.1. The number of hydrogen-bond donors (Lipinski definition) is 0. The molecule has 1 aromatic rings. The van der Waals surface area contributed by atoms with Gasteiger partial charge in [0, 0.05) is 12.3 Å². The van der Waals surface area contributed by atoms with E-state index >= 15 is 0 Å². The molecule has 0 radical (unpaired) electrons. The van der Waals surface area contributed by atoms with E-state index in [9.17, 15) is 4.39 Å². The zero-order chi connectivity index (χ0) is 18.1. The average molecular weight is 362 g/mol. The highest BCUT2D eigenvalue weighted by Gasteiger charge is 2.69. The predicted octanol–water partition coefficient (Wildman–Crippen LogP) is 4.75. The van der Waals surface area contributed by atoms with Crippen LogP contribution in [0.4, 0.5) is 4.39 Å². The van der Waals surface area contributed by atoms with Crippen molar-refractivity contribution in [2.45, 2.75) is 70.2 Å². The summed E-state index contributed by atoms with van der Waals surface area (Å²) in [4.78, 5) is 12.0. The monoisotopic (exact) mass is 362 g/mol. The van der Waals surface area contributed by atoms with E-state index in [2.05, 4.69) is 13.8 Å². The SMILES string of the molecule is C[C@H]1[C@@H](c2ccc(F)cc2)O[C@@H]2O[C@@]3(C)CC[C@H]4[C@H](C)CC[C@@H]1[C@@]24OO3. The van der Waals surface area contributed by atoms with Gasteiger partial charge in [-0.3, -0.25) is 0 Å². The number of rotatable bonds is 1. The van der Waals surface area contributed by atoms with E-state index in [1.165, 1.54) is 18.6 Å². The van der Waals surface area contributed by atoms with Gasteiger partial charge in [-0.2, -0.15) is 0 Å². The normalized spacial score (nSPS) is 50.2. The summed E-state index contributed by atoms with van der Waals surface area (Å²) < 4.78 is 26.3. The van der Waals surface area contributed by atoms with Gasteiger partial charge < -0.3 is 9.47 Å². The molecule has 5 aliphatic rings. The number of hydrogen-bond acceptors (Lipinski definition) is 4. The lowest BCUT2D eigenvalue weighted by molar-refractivity contribution is -0.571. The average Bonchev–Trinajstić information content (AvgIpc) is 2.85. The summed E-state index contributed by atoms with van der Waals surface area (Å²) in [6.07, 6.45) is 3.52. The molecule has 0 aromatic heterocycles. The molecule has 2 bridgehead atoms. The molecule has 5 fully saturated rings. The van der Waals surface area contributed by atoms with Gasteiger partial charge >= 0.3 is 0 Å². The van der Waals surface area contributed by atoms with Crippen molar-refractivity contribution in [1.82, 2.24) is 0 Å². The molecular weight excluding hydrogens is 335 g/mol. The summed E-state index contributed by atoms with van der Waals surface area (Å²) in [6, 6.07) is 6.65. The third-order valence-electron chi connectivity index (χ3n) is 7.36. The first-order valence-corrected chi connectivity index (χ1v) is 9.88. The van der Waals surface area contributed by atoms with Crippen LogP contribution in [-0.4, -0.2) is 17.7 Å². The molecule has 26 heavy (non-hydrogen) atoms. The highest BCUT2D eigenvalue weighted by Crippen LogP contribution is 2.62. The van der Waals surface area contributed by atoms with Gasteiger partial charge in [0.25, 0.3) is 0 Å². The second kappa shape index (κ2) is 5.74. The van der Waals surface area contributed by atoms with Crippen molar-refractivity contribution in [2.24, 2.45) is 23.7 Å². The van der Waals surface area contributed by atoms with Crippen molar-refractivity contribution in [1.29, 1.82) is 0 Å². The molecular formula is C21H27FO4. The van der Waals surface area contributed by atoms with Gasteiger partial charge in [0.2, 0.25) is 5.79 Å². The lowest BCUT2D eigenvalue weighted by atomic mass is 9.57. The second-order valence-corrected chi connectivity index (χ2v) is 8.88. The van der Waals surface area contributed by atoms with E-state index in [-0.39, 0.29) is 17.8 Å². The summed E-state index contributed by atoms with van der Waals surface area (Å²) in [5.41, 5.74) is 0.461. The van der Waals surface area contributed by atoms with E-state index in [0.717, 1.165) is 24.8 Å². The number of benzene rings is 1. The third-order valence-corrected chi connectivity index (χ3v) is 7.36. The molecule has 4 saturated heterocycles. The molecule has 6 rings (SSSR count). The molecule has 1 spiro atoms.